The molecule has 0 unspecified atom stereocenters. The zero-order chi connectivity index (χ0) is 9.26. The predicted octanol–water partition coefficient (Wildman–Crippen LogP) is 3.31. The highest BCUT2D eigenvalue weighted by Gasteiger charge is 2.03. The molecule has 0 bridgehead atoms. The topological polar surface area (TPSA) is 26.0 Å². The smallest absolute Gasteiger partial charge is 0.0431 e. The zero-order valence-electron chi connectivity index (χ0n) is 7.45. The van der Waals surface area contributed by atoms with Crippen molar-refractivity contribution < 1.29 is 0 Å². The molecule has 0 amide bonds. The number of anilines is 1. The SMILES string of the molecule is Cc1cccc(-c2cccs2)c1N. The van der Waals surface area contributed by atoms with Crippen LogP contribution in [0.5, 0.6) is 0 Å². The monoisotopic (exact) mass is 189 g/mol. The Morgan fingerprint density at radius 1 is 1.15 bits per heavy atom. The van der Waals surface area contributed by atoms with Crippen molar-refractivity contribution in [2.75, 3.05) is 5.73 Å². The maximum atomic E-state index is 5.98. The molecule has 0 spiro atoms. The van der Waals surface area contributed by atoms with E-state index in [0.29, 0.717) is 0 Å². The molecule has 1 aromatic carbocycles. The van der Waals surface area contributed by atoms with Crippen LogP contribution in [0.3, 0.4) is 0 Å². The predicted molar refractivity (Wildman–Crippen MR) is 58.9 cm³/mol. The summed E-state index contributed by atoms with van der Waals surface area (Å²) in [5.41, 5.74) is 9.17. The number of nitrogen functional groups attached to an aromatic ring is 1. The van der Waals surface area contributed by atoms with Gasteiger partial charge >= 0.3 is 0 Å². The van der Waals surface area contributed by atoms with E-state index >= 15 is 0 Å². The number of hydrogen-bond donors (Lipinski definition) is 1. The fraction of sp³-hybridized carbons (Fsp3) is 0.0909. The Balaban J connectivity index is 2.59. The molecule has 2 aromatic rings. The Kier molecular flexibility index (Phi) is 2.07. The Labute approximate surface area is 81.8 Å². The summed E-state index contributed by atoms with van der Waals surface area (Å²) in [6, 6.07) is 10.3. The quantitative estimate of drug-likeness (QED) is 0.684. The maximum absolute atomic E-state index is 5.98. The van der Waals surface area contributed by atoms with Crippen LogP contribution in [0.4, 0.5) is 5.69 Å². The van der Waals surface area contributed by atoms with Crippen LogP contribution in [0.25, 0.3) is 10.4 Å². The summed E-state index contributed by atoms with van der Waals surface area (Å²) in [4.78, 5) is 1.24. The third-order valence-corrected chi connectivity index (χ3v) is 3.01. The van der Waals surface area contributed by atoms with Crippen molar-refractivity contribution in [3.8, 4) is 10.4 Å². The van der Waals surface area contributed by atoms with Crippen molar-refractivity contribution in [3.63, 3.8) is 0 Å². The van der Waals surface area contributed by atoms with Gasteiger partial charge < -0.3 is 5.73 Å². The van der Waals surface area contributed by atoms with Gasteiger partial charge in [-0.15, -0.1) is 11.3 Å². The average Bonchev–Trinajstić information content (AvgIpc) is 2.62. The summed E-state index contributed by atoms with van der Waals surface area (Å²) in [5, 5.41) is 2.07. The highest BCUT2D eigenvalue weighted by molar-refractivity contribution is 7.13. The zero-order valence-corrected chi connectivity index (χ0v) is 8.27. The lowest BCUT2D eigenvalue weighted by Gasteiger charge is -2.05. The second-order valence-electron chi connectivity index (χ2n) is 3.01. The minimum atomic E-state index is 0.893. The average molecular weight is 189 g/mol. The molecule has 0 saturated heterocycles. The van der Waals surface area contributed by atoms with E-state index < -0.39 is 0 Å². The minimum Gasteiger partial charge on any atom is -0.398 e. The van der Waals surface area contributed by atoms with Crippen LogP contribution in [0.1, 0.15) is 5.56 Å². The van der Waals surface area contributed by atoms with Crippen molar-refractivity contribution in [2.24, 2.45) is 0 Å². The van der Waals surface area contributed by atoms with Gasteiger partial charge in [0.2, 0.25) is 0 Å². The van der Waals surface area contributed by atoms with Gasteiger partial charge in [0.15, 0.2) is 0 Å². The maximum Gasteiger partial charge on any atom is 0.0431 e. The Morgan fingerprint density at radius 2 is 2.00 bits per heavy atom. The first-order chi connectivity index (χ1) is 6.29. The number of thiophene rings is 1. The third-order valence-electron chi connectivity index (χ3n) is 2.11. The molecule has 0 radical (unpaired) electrons. The highest BCUT2D eigenvalue weighted by atomic mass is 32.1. The molecule has 66 valence electrons. The summed E-state index contributed by atoms with van der Waals surface area (Å²) < 4.78 is 0. The first kappa shape index (κ1) is 8.32. The third kappa shape index (κ3) is 1.45. The molecule has 1 aromatic heterocycles. The number of para-hydroxylation sites is 1. The molecule has 0 aliphatic rings. The molecular formula is C11H11NS. The van der Waals surface area contributed by atoms with Crippen LogP contribution in [-0.4, -0.2) is 0 Å². The fourth-order valence-corrected chi connectivity index (χ4v) is 2.09. The van der Waals surface area contributed by atoms with Gasteiger partial charge in [0, 0.05) is 16.1 Å². The molecule has 2 rings (SSSR count). The molecule has 13 heavy (non-hydrogen) atoms. The minimum absolute atomic E-state index is 0.893. The number of benzene rings is 1. The van der Waals surface area contributed by atoms with Crippen LogP contribution in [0.15, 0.2) is 35.7 Å². The largest absolute Gasteiger partial charge is 0.398 e. The molecule has 0 aliphatic carbocycles. The second-order valence-corrected chi connectivity index (χ2v) is 3.96. The van der Waals surface area contributed by atoms with Crippen LogP contribution in [-0.2, 0) is 0 Å². The fourth-order valence-electron chi connectivity index (χ4n) is 1.33. The van der Waals surface area contributed by atoms with Gasteiger partial charge in [-0.05, 0) is 23.9 Å². The molecule has 1 heterocycles. The van der Waals surface area contributed by atoms with Crippen molar-refractivity contribution in [3.05, 3.63) is 41.3 Å². The molecule has 2 N–H and O–H groups in total. The van der Waals surface area contributed by atoms with Crippen molar-refractivity contribution in [1.29, 1.82) is 0 Å². The van der Waals surface area contributed by atoms with Gasteiger partial charge in [-0.25, -0.2) is 0 Å². The van der Waals surface area contributed by atoms with Gasteiger partial charge in [0.25, 0.3) is 0 Å². The standard InChI is InChI=1S/C11H11NS/c1-8-4-2-5-9(11(8)12)10-6-3-7-13-10/h2-7H,12H2,1H3. The van der Waals surface area contributed by atoms with Crippen LogP contribution in [0.2, 0.25) is 0 Å². The van der Waals surface area contributed by atoms with E-state index in [0.717, 1.165) is 16.8 Å². The normalized spacial score (nSPS) is 10.2. The molecule has 2 heteroatoms. The van der Waals surface area contributed by atoms with E-state index in [-0.39, 0.29) is 0 Å². The summed E-state index contributed by atoms with van der Waals surface area (Å²) in [5.74, 6) is 0. The van der Waals surface area contributed by atoms with E-state index in [9.17, 15) is 0 Å². The van der Waals surface area contributed by atoms with Crippen molar-refractivity contribution in [1.82, 2.24) is 0 Å². The number of aryl methyl sites for hydroxylation is 1. The van der Waals surface area contributed by atoms with Crippen LogP contribution in [0, 0.1) is 6.92 Å². The summed E-state index contributed by atoms with van der Waals surface area (Å²) in [7, 11) is 0. The van der Waals surface area contributed by atoms with Gasteiger partial charge in [-0.3, -0.25) is 0 Å². The molecule has 0 aliphatic heterocycles. The highest BCUT2D eigenvalue weighted by Crippen LogP contribution is 2.31. The molecular weight excluding hydrogens is 178 g/mol. The van der Waals surface area contributed by atoms with E-state index in [4.69, 9.17) is 5.73 Å². The van der Waals surface area contributed by atoms with E-state index in [2.05, 4.69) is 17.5 Å². The summed E-state index contributed by atoms with van der Waals surface area (Å²) in [6.45, 7) is 2.03. The number of rotatable bonds is 1. The van der Waals surface area contributed by atoms with Gasteiger partial charge in [0.05, 0.1) is 0 Å². The Bertz CT molecular complexity index is 404. The lowest BCUT2D eigenvalue weighted by atomic mass is 10.1. The Morgan fingerprint density at radius 3 is 2.69 bits per heavy atom. The summed E-state index contributed by atoms with van der Waals surface area (Å²) in [6.07, 6.45) is 0. The van der Waals surface area contributed by atoms with Crippen LogP contribution >= 0.6 is 11.3 Å². The molecule has 0 fully saturated rings. The summed E-state index contributed by atoms with van der Waals surface area (Å²) >= 11 is 1.72. The van der Waals surface area contributed by atoms with Gasteiger partial charge in [-0.1, -0.05) is 24.3 Å². The number of nitrogens with two attached hydrogens (primary N) is 1. The van der Waals surface area contributed by atoms with Crippen LogP contribution < -0.4 is 5.73 Å². The van der Waals surface area contributed by atoms with Gasteiger partial charge in [0.1, 0.15) is 0 Å². The van der Waals surface area contributed by atoms with Crippen molar-refractivity contribution >= 4 is 17.0 Å². The molecule has 0 atom stereocenters. The number of hydrogen-bond acceptors (Lipinski definition) is 2. The molecule has 1 nitrogen and oxygen atoms in total. The first-order valence-corrected chi connectivity index (χ1v) is 5.06. The van der Waals surface area contributed by atoms with E-state index in [1.54, 1.807) is 11.3 Å². The lowest BCUT2D eigenvalue weighted by molar-refractivity contribution is 1.47. The molecule has 0 saturated carbocycles. The first-order valence-electron chi connectivity index (χ1n) is 4.18. The van der Waals surface area contributed by atoms with Crippen molar-refractivity contribution in [2.45, 2.75) is 6.92 Å². The van der Waals surface area contributed by atoms with E-state index in [1.165, 1.54) is 4.88 Å². The van der Waals surface area contributed by atoms with Gasteiger partial charge in [-0.2, -0.15) is 0 Å². The second kappa shape index (κ2) is 3.23. The van der Waals surface area contributed by atoms with E-state index in [1.807, 2.05) is 25.1 Å². The lowest BCUT2D eigenvalue weighted by Crippen LogP contribution is -1.91. The Hall–Kier alpha value is -1.28.